The number of piperidine rings is 2. The number of nitrogens with one attached hydrogen (secondary N) is 1. The van der Waals surface area contributed by atoms with Gasteiger partial charge in [-0.15, -0.1) is 0 Å². The molecule has 0 spiro atoms. The number of hydrogen-bond donors (Lipinski definition) is 1. The summed E-state index contributed by atoms with van der Waals surface area (Å²) in [6.45, 7) is 8.72. The minimum atomic E-state index is 0.0433. The number of likely N-dealkylation sites (tertiary alicyclic amines) is 2. The Labute approximate surface area is 180 Å². The molecule has 1 aromatic rings. The predicted octanol–water partition coefficient (Wildman–Crippen LogP) is 1.74. The zero-order valence-corrected chi connectivity index (χ0v) is 18.7. The third-order valence-corrected chi connectivity index (χ3v) is 6.59. The van der Waals surface area contributed by atoms with Gasteiger partial charge in [0.1, 0.15) is 0 Å². The van der Waals surface area contributed by atoms with Crippen molar-refractivity contribution >= 4 is 11.8 Å². The van der Waals surface area contributed by atoms with E-state index in [1.165, 1.54) is 0 Å². The van der Waals surface area contributed by atoms with Crippen molar-refractivity contribution in [3.05, 3.63) is 30.1 Å². The van der Waals surface area contributed by atoms with Gasteiger partial charge in [-0.2, -0.15) is 0 Å². The van der Waals surface area contributed by atoms with Crippen LogP contribution in [0.15, 0.2) is 24.4 Å². The van der Waals surface area contributed by atoms with E-state index in [0.29, 0.717) is 25.2 Å². The van der Waals surface area contributed by atoms with Crippen LogP contribution in [0, 0.1) is 5.92 Å². The molecule has 30 heavy (non-hydrogen) atoms. The molecule has 0 aromatic carbocycles. The lowest BCUT2D eigenvalue weighted by atomic mass is 9.93. The fourth-order valence-electron chi connectivity index (χ4n) is 4.35. The van der Waals surface area contributed by atoms with Gasteiger partial charge < -0.3 is 10.2 Å². The van der Waals surface area contributed by atoms with Gasteiger partial charge in [-0.25, -0.2) is 0 Å². The molecular weight excluding hydrogens is 378 g/mol. The lowest BCUT2D eigenvalue weighted by Gasteiger charge is -2.42. The molecule has 7 nitrogen and oxygen atoms in total. The first kappa shape index (κ1) is 22.7. The Balaban J connectivity index is 1.43. The zero-order chi connectivity index (χ0) is 21.5. The van der Waals surface area contributed by atoms with Crippen molar-refractivity contribution in [2.75, 3.05) is 39.8 Å². The number of likely N-dealkylation sites (N-methyl/N-ethyl adjacent to an activating group) is 1. The maximum absolute atomic E-state index is 12.7. The molecule has 1 aromatic heterocycles. The Kier molecular flexibility index (Phi) is 8.22. The van der Waals surface area contributed by atoms with Crippen molar-refractivity contribution in [2.45, 2.75) is 58.2 Å². The van der Waals surface area contributed by atoms with E-state index in [1.807, 2.05) is 30.1 Å². The fraction of sp³-hybridized carbons (Fsp3) is 0.696. The predicted molar refractivity (Wildman–Crippen MR) is 118 cm³/mol. The largest absolute Gasteiger partial charge is 0.350 e. The molecule has 2 aliphatic rings. The van der Waals surface area contributed by atoms with E-state index in [2.05, 4.69) is 33.9 Å². The van der Waals surface area contributed by atoms with Crippen LogP contribution in [-0.2, 0) is 16.1 Å². The number of amides is 2. The second kappa shape index (κ2) is 10.9. The highest BCUT2D eigenvalue weighted by molar-refractivity contribution is 5.79. The summed E-state index contributed by atoms with van der Waals surface area (Å²) in [6.07, 6.45) is 5.75. The molecule has 0 bridgehead atoms. The highest BCUT2D eigenvalue weighted by Crippen LogP contribution is 2.24. The van der Waals surface area contributed by atoms with Crippen molar-refractivity contribution in [2.24, 2.45) is 5.92 Å². The molecule has 0 unspecified atom stereocenters. The second-order valence-electron chi connectivity index (χ2n) is 8.99. The molecule has 0 radical (unpaired) electrons. The van der Waals surface area contributed by atoms with E-state index in [0.717, 1.165) is 57.6 Å². The lowest BCUT2D eigenvalue weighted by molar-refractivity contribution is -0.134. The first-order valence-electron chi connectivity index (χ1n) is 11.3. The van der Waals surface area contributed by atoms with Gasteiger partial charge in [-0.3, -0.25) is 24.4 Å². The topological polar surface area (TPSA) is 68.8 Å². The third kappa shape index (κ3) is 6.25. The van der Waals surface area contributed by atoms with Crippen LogP contribution in [0.3, 0.4) is 0 Å². The molecule has 0 aliphatic carbocycles. The standard InChI is InChI=1S/C23H37N5O2/c1-18(2)26(3)17-22(29)27-13-9-21(10-14-27)28-12-6-7-19(16-28)23(30)25-15-20-8-4-5-11-24-20/h4-5,8,11,18-19,21H,6-7,9-10,12-17H2,1-3H3,(H,25,30)/t19-/m1/s1. The highest BCUT2D eigenvalue weighted by Gasteiger charge is 2.32. The molecule has 7 heteroatoms. The van der Waals surface area contributed by atoms with E-state index in [1.54, 1.807) is 6.20 Å². The van der Waals surface area contributed by atoms with Crippen LogP contribution in [0.2, 0.25) is 0 Å². The van der Waals surface area contributed by atoms with Crippen molar-refractivity contribution in [1.29, 1.82) is 0 Å². The molecule has 3 rings (SSSR count). The summed E-state index contributed by atoms with van der Waals surface area (Å²) in [4.78, 5) is 36.1. The van der Waals surface area contributed by atoms with Crippen LogP contribution >= 0.6 is 0 Å². The summed E-state index contributed by atoms with van der Waals surface area (Å²) in [6, 6.07) is 6.60. The van der Waals surface area contributed by atoms with Gasteiger partial charge in [0.15, 0.2) is 0 Å². The first-order valence-corrected chi connectivity index (χ1v) is 11.3. The third-order valence-electron chi connectivity index (χ3n) is 6.59. The van der Waals surface area contributed by atoms with E-state index in [4.69, 9.17) is 0 Å². The van der Waals surface area contributed by atoms with Crippen LogP contribution in [0.1, 0.15) is 45.2 Å². The van der Waals surface area contributed by atoms with Gasteiger partial charge in [0, 0.05) is 37.9 Å². The smallest absolute Gasteiger partial charge is 0.236 e. The summed E-state index contributed by atoms with van der Waals surface area (Å²) >= 11 is 0. The van der Waals surface area contributed by atoms with Gasteiger partial charge >= 0.3 is 0 Å². The second-order valence-corrected chi connectivity index (χ2v) is 8.99. The fourth-order valence-corrected chi connectivity index (χ4v) is 4.35. The Morgan fingerprint density at radius 2 is 1.97 bits per heavy atom. The molecule has 2 fully saturated rings. The molecular formula is C23H37N5O2. The van der Waals surface area contributed by atoms with Crippen LogP contribution < -0.4 is 5.32 Å². The molecule has 166 valence electrons. The molecule has 2 amide bonds. The first-order chi connectivity index (χ1) is 14.4. The number of aromatic nitrogens is 1. The number of hydrogen-bond acceptors (Lipinski definition) is 5. The normalized spacial score (nSPS) is 21.2. The Hall–Kier alpha value is -1.99. The average molecular weight is 416 g/mol. The van der Waals surface area contributed by atoms with Gasteiger partial charge in [0.05, 0.1) is 24.7 Å². The minimum absolute atomic E-state index is 0.0433. The summed E-state index contributed by atoms with van der Waals surface area (Å²) < 4.78 is 0. The molecule has 2 saturated heterocycles. The minimum Gasteiger partial charge on any atom is -0.350 e. The van der Waals surface area contributed by atoms with Crippen molar-refractivity contribution in [1.82, 2.24) is 25.0 Å². The summed E-state index contributed by atoms with van der Waals surface area (Å²) in [7, 11) is 2.00. The van der Waals surface area contributed by atoms with E-state index in [-0.39, 0.29) is 17.7 Å². The SMILES string of the molecule is CC(C)N(C)CC(=O)N1CCC(N2CCC[C@@H](C(=O)NCc3ccccn3)C2)CC1. The maximum atomic E-state index is 12.7. The van der Waals surface area contributed by atoms with Crippen molar-refractivity contribution in [3.8, 4) is 0 Å². The van der Waals surface area contributed by atoms with Crippen LogP contribution in [-0.4, -0.2) is 83.4 Å². The maximum Gasteiger partial charge on any atom is 0.236 e. The Morgan fingerprint density at radius 3 is 2.63 bits per heavy atom. The quantitative estimate of drug-likeness (QED) is 0.735. The van der Waals surface area contributed by atoms with E-state index < -0.39 is 0 Å². The van der Waals surface area contributed by atoms with Gasteiger partial charge in [0.25, 0.3) is 0 Å². The number of carbonyl (C=O) groups excluding carboxylic acids is 2. The number of nitrogens with zero attached hydrogens (tertiary/aromatic N) is 4. The van der Waals surface area contributed by atoms with E-state index >= 15 is 0 Å². The summed E-state index contributed by atoms with van der Waals surface area (Å²) in [5.74, 6) is 0.409. The van der Waals surface area contributed by atoms with Crippen LogP contribution in [0.5, 0.6) is 0 Å². The number of carbonyl (C=O) groups is 2. The Bertz CT molecular complexity index is 688. The van der Waals surface area contributed by atoms with E-state index in [9.17, 15) is 9.59 Å². The van der Waals surface area contributed by atoms with Crippen molar-refractivity contribution < 1.29 is 9.59 Å². The summed E-state index contributed by atoms with van der Waals surface area (Å²) in [5.41, 5.74) is 0.888. The molecule has 2 aliphatic heterocycles. The van der Waals surface area contributed by atoms with Crippen LogP contribution in [0.4, 0.5) is 0 Å². The Morgan fingerprint density at radius 1 is 1.20 bits per heavy atom. The number of rotatable bonds is 7. The zero-order valence-electron chi connectivity index (χ0n) is 18.7. The highest BCUT2D eigenvalue weighted by atomic mass is 16.2. The van der Waals surface area contributed by atoms with Crippen molar-refractivity contribution in [3.63, 3.8) is 0 Å². The van der Waals surface area contributed by atoms with Gasteiger partial charge in [0.2, 0.25) is 11.8 Å². The summed E-state index contributed by atoms with van der Waals surface area (Å²) in [5, 5.41) is 3.06. The average Bonchev–Trinajstić information content (AvgIpc) is 2.78. The lowest BCUT2D eigenvalue weighted by Crippen LogP contribution is -2.52. The molecule has 1 N–H and O–H groups in total. The molecule has 1 atom stereocenters. The monoisotopic (exact) mass is 415 g/mol. The number of pyridine rings is 1. The molecule has 3 heterocycles. The van der Waals surface area contributed by atoms with Gasteiger partial charge in [-0.1, -0.05) is 6.07 Å². The van der Waals surface area contributed by atoms with Crippen LogP contribution in [0.25, 0.3) is 0 Å². The van der Waals surface area contributed by atoms with Gasteiger partial charge in [-0.05, 0) is 65.3 Å². The molecule has 0 saturated carbocycles.